The van der Waals surface area contributed by atoms with Gasteiger partial charge in [-0.15, -0.1) is 0 Å². The van der Waals surface area contributed by atoms with Crippen LogP contribution in [0.15, 0.2) is 0 Å². The van der Waals surface area contributed by atoms with Crippen LogP contribution in [0.4, 0.5) is 4.79 Å². The van der Waals surface area contributed by atoms with Gasteiger partial charge in [0, 0.05) is 26.2 Å². The van der Waals surface area contributed by atoms with Gasteiger partial charge in [0.15, 0.2) is 0 Å². The summed E-state index contributed by atoms with van der Waals surface area (Å²) in [6.07, 6.45) is 3.01. The normalized spacial score (nSPS) is 17.0. The molecule has 0 aromatic carbocycles. The molecule has 19 heavy (non-hydrogen) atoms. The minimum absolute atomic E-state index is 0.0843. The van der Waals surface area contributed by atoms with Gasteiger partial charge in [0.1, 0.15) is 0 Å². The first kappa shape index (κ1) is 16.2. The lowest BCUT2D eigenvalue weighted by Crippen LogP contribution is -2.44. The van der Waals surface area contributed by atoms with E-state index in [9.17, 15) is 13.2 Å². The van der Waals surface area contributed by atoms with E-state index in [-0.39, 0.29) is 17.8 Å². The highest BCUT2D eigenvalue weighted by Gasteiger charge is 2.32. The van der Waals surface area contributed by atoms with Gasteiger partial charge >= 0.3 is 6.03 Å². The van der Waals surface area contributed by atoms with E-state index in [4.69, 9.17) is 0 Å². The Hall–Kier alpha value is -0.820. The van der Waals surface area contributed by atoms with Crippen molar-refractivity contribution in [2.75, 3.05) is 25.9 Å². The second kappa shape index (κ2) is 7.09. The molecule has 0 aromatic rings. The number of sulfonamides is 1. The molecule has 1 atom stereocenters. The summed E-state index contributed by atoms with van der Waals surface area (Å²) >= 11 is 0. The van der Waals surface area contributed by atoms with Crippen LogP contribution in [0.5, 0.6) is 0 Å². The highest BCUT2D eigenvalue weighted by molar-refractivity contribution is 7.89. The van der Waals surface area contributed by atoms with Crippen molar-refractivity contribution in [3.8, 4) is 0 Å². The van der Waals surface area contributed by atoms with E-state index >= 15 is 0 Å². The number of carbonyl (C=O) groups excluding carboxylic acids is 1. The van der Waals surface area contributed by atoms with Crippen molar-refractivity contribution in [1.82, 2.24) is 14.9 Å². The zero-order chi connectivity index (χ0) is 14.5. The molecule has 0 heterocycles. The van der Waals surface area contributed by atoms with Gasteiger partial charge in [-0.1, -0.05) is 0 Å². The van der Waals surface area contributed by atoms with Crippen molar-refractivity contribution < 1.29 is 13.2 Å². The van der Waals surface area contributed by atoms with Gasteiger partial charge < -0.3 is 10.2 Å². The van der Waals surface area contributed by atoms with Crippen LogP contribution in [0.25, 0.3) is 0 Å². The van der Waals surface area contributed by atoms with Gasteiger partial charge in [-0.3, -0.25) is 0 Å². The van der Waals surface area contributed by atoms with Crippen LogP contribution in [-0.2, 0) is 10.0 Å². The summed E-state index contributed by atoms with van der Waals surface area (Å²) in [6.45, 7) is 4.50. The Kier molecular flexibility index (Phi) is 6.06. The molecule has 2 N–H and O–H groups in total. The number of nitrogens with one attached hydrogen (secondary N) is 2. The summed E-state index contributed by atoms with van der Waals surface area (Å²) in [6, 6.07) is 0.191. The van der Waals surface area contributed by atoms with E-state index in [0.29, 0.717) is 25.4 Å². The predicted octanol–water partition coefficient (Wildman–Crippen LogP) is 0.756. The van der Waals surface area contributed by atoms with E-state index in [1.54, 1.807) is 18.9 Å². The van der Waals surface area contributed by atoms with E-state index in [2.05, 4.69) is 17.0 Å². The molecule has 7 heteroatoms. The summed E-state index contributed by atoms with van der Waals surface area (Å²) < 4.78 is 24.8. The summed E-state index contributed by atoms with van der Waals surface area (Å²) in [7, 11) is -1.32. The quantitative estimate of drug-likeness (QED) is 0.648. The minimum atomic E-state index is -3.13. The number of hydrogen-bond donors (Lipinski definition) is 2. The summed E-state index contributed by atoms with van der Waals surface area (Å²) in [5, 5.41) is 2.80. The Labute approximate surface area is 116 Å². The van der Waals surface area contributed by atoms with Gasteiger partial charge in [0.2, 0.25) is 10.0 Å². The van der Waals surface area contributed by atoms with E-state index in [1.807, 2.05) is 0 Å². The molecular formula is C12H25N3O3S. The maximum atomic E-state index is 11.8. The number of urea groups is 1. The highest BCUT2D eigenvalue weighted by atomic mass is 32.2. The number of carbonyl (C=O) groups is 1. The van der Waals surface area contributed by atoms with Crippen LogP contribution in [0.3, 0.4) is 0 Å². The summed E-state index contributed by atoms with van der Waals surface area (Å²) in [5.74, 6) is 0.730. The van der Waals surface area contributed by atoms with Crippen LogP contribution >= 0.6 is 0 Å². The number of amides is 2. The predicted molar refractivity (Wildman–Crippen MR) is 75.4 cm³/mol. The minimum Gasteiger partial charge on any atom is -0.338 e. The third-order valence-corrected chi connectivity index (χ3v) is 4.97. The lowest BCUT2D eigenvalue weighted by Gasteiger charge is -2.25. The molecule has 0 spiro atoms. The Morgan fingerprint density at radius 1 is 1.37 bits per heavy atom. The molecule has 2 amide bonds. The van der Waals surface area contributed by atoms with E-state index in [0.717, 1.165) is 0 Å². The van der Waals surface area contributed by atoms with Crippen molar-refractivity contribution in [3.63, 3.8) is 0 Å². The second-order valence-corrected chi connectivity index (χ2v) is 7.17. The maximum absolute atomic E-state index is 11.8. The SMILES string of the molecule is CCS(=O)(=O)NCCCNC(=O)N(C)[C@@H](C)C1CC1. The molecule has 6 nitrogen and oxygen atoms in total. The molecule has 0 saturated heterocycles. The fourth-order valence-electron chi connectivity index (χ4n) is 1.82. The largest absolute Gasteiger partial charge is 0.338 e. The van der Waals surface area contributed by atoms with Crippen molar-refractivity contribution in [3.05, 3.63) is 0 Å². The van der Waals surface area contributed by atoms with Crippen molar-refractivity contribution in [1.29, 1.82) is 0 Å². The smallest absolute Gasteiger partial charge is 0.317 e. The third-order valence-electron chi connectivity index (χ3n) is 3.57. The van der Waals surface area contributed by atoms with Gasteiger partial charge in [0.25, 0.3) is 0 Å². The zero-order valence-corrected chi connectivity index (χ0v) is 12.8. The standard InChI is InChI=1S/C12H25N3O3S/c1-4-19(17,18)14-9-5-8-13-12(16)15(3)10(2)11-6-7-11/h10-11,14H,4-9H2,1-3H3,(H,13,16)/t10-/m0/s1. The van der Waals surface area contributed by atoms with Crippen LogP contribution in [0, 0.1) is 5.92 Å². The Morgan fingerprint density at radius 3 is 2.53 bits per heavy atom. The number of rotatable bonds is 8. The van der Waals surface area contributed by atoms with Crippen molar-refractivity contribution in [2.24, 2.45) is 5.92 Å². The van der Waals surface area contributed by atoms with Crippen LogP contribution in [0.1, 0.15) is 33.1 Å². The molecular weight excluding hydrogens is 266 g/mol. The summed E-state index contributed by atoms with van der Waals surface area (Å²) in [4.78, 5) is 13.5. The van der Waals surface area contributed by atoms with Crippen LogP contribution in [-0.4, -0.2) is 51.3 Å². The van der Waals surface area contributed by atoms with E-state index in [1.165, 1.54) is 12.8 Å². The highest BCUT2D eigenvalue weighted by Crippen LogP contribution is 2.34. The van der Waals surface area contributed by atoms with Gasteiger partial charge in [-0.25, -0.2) is 17.9 Å². The fraction of sp³-hybridized carbons (Fsp3) is 0.917. The third kappa shape index (κ3) is 5.78. The second-order valence-electron chi connectivity index (χ2n) is 5.07. The first-order chi connectivity index (χ1) is 8.87. The molecule has 0 aliphatic heterocycles. The molecule has 1 aliphatic rings. The number of hydrogen-bond acceptors (Lipinski definition) is 3. The molecule has 1 fully saturated rings. The zero-order valence-electron chi connectivity index (χ0n) is 12.0. The molecule has 0 bridgehead atoms. The molecule has 1 rings (SSSR count). The monoisotopic (exact) mass is 291 g/mol. The first-order valence-corrected chi connectivity index (χ1v) is 8.50. The van der Waals surface area contributed by atoms with Gasteiger partial charge in [-0.2, -0.15) is 0 Å². The Morgan fingerprint density at radius 2 is 2.00 bits per heavy atom. The first-order valence-electron chi connectivity index (χ1n) is 6.85. The average Bonchev–Trinajstić information content (AvgIpc) is 3.20. The van der Waals surface area contributed by atoms with Crippen LogP contribution < -0.4 is 10.0 Å². The summed E-state index contributed by atoms with van der Waals surface area (Å²) in [5.41, 5.74) is 0. The van der Waals surface area contributed by atoms with Crippen LogP contribution in [0.2, 0.25) is 0 Å². The molecule has 0 aromatic heterocycles. The molecule has 0 radical (unpaired) electrons. The Bertz CT molecular complexity index is 393. The Balaban J connectivity index is 2.13. The molecule has 1 saturated carbocycles. The lowest BCUT2D eigenvalue weighted by molar-refractivity contribution is 0.188. The van der Waals surface area contributed by atoms with Gasteiger partial charge in [-0.05, 0) is 39.0 Å². The average molecular weight is 291 g/mol. The van der Waals surface area contributed by atoms with Crippen molar-refractivity contribution in [2.45, 2.75) is 39.2 Å². The van der Waals surface area contributed by atoms with Gasteiger partial charge in [0.05, 0.1) is 5.75 Å². The van der Waals surface area contributed by atoms with Crippen molar-refractivity contribution >= 4 is 16.1 Å². The fourth-order valence-corrected chi connectivity index (χ4v) is 2.48. The van der Waals surface area contributed by atoms with E-state index < -0.39 is 10.0 Å². The molecule has 0 unspecified atom stereocenters. The molecule has 1 aliphatic carbocycles. The topological polar surface area (TPSA) is 78.5 Å². The molecule has 112 valence electrons. The maximum Gasteiger partial charge on any atom is 0.317 e. The number of nitrogens with zero attached hydrogens (tertiary/aromatic N) is 1. The lowest BCUT2D eigenvalue weighted by atomic mass is 10.2.